The Balaban J connectivity index is 1.87. The SMILES string of the molecule is Cc1cc(Br)ccc1OCC(=O)N/N=C/c1cccc(Cl)c1Cl. The summed E-state index contributed by atoms with van der Waals surface area (Å²) in [7, 11) is 0. The molecule has 0 aliphatic rings. The van der Waals surface area contributed by atoms with Gasteiger partial charge >= 0.3 is 0 Å². The first-order valence-corrected chi connectivity index (χ1v) is 8.17. The van der Waals surface area contributed by atoms with Crippen molar-refractivity contribution in [3.05, 3.63) is 62.0 Å². The zero-order valence-corrected chi connectivity index (χ0v) is 15.2. The summed E-state index contributed by atoms with van der Waals surface area (Å²) in [6.07, 6.45) is 1.43. The molecule has 0 aliphatic carbocycles. The van der Waals surface area contributed by atoms with E-state index in [2.05, 4.69) is 26.5 Å². The molecule has 0 saturated carbocycles. The van der Waals surface area contributed by atoms with Gasteiger partial charge in [-0.3, -0.25) is 4.79 Å². The van der Waals surface area contributed by atoms with Crippen LogP contribution >= 0.6 is 39.1 Å². The minimum atomic E-state index is -0.373. The van der Waals surface area contributed by atoms with E-state index in [1.54, 1.807) is 24.3 Å². The normalized spacial score (nSPS) is 10.8. The Morgan fingerprint density at radius 1 is 1.35 bits per heavy atom. The van der Waals surface area contributed by atoms with Gasteiger partial charge < -0.3 is 4.74 Å². The molecule has 0 aliphatic heterocycles. The maximum atomic E-state index is 11.7. The number of halogens is 3. The quantitative estimate of drug-likeness (QED) is 0.573. The van der Waals surface area contributed by atoms with Crippen molar-refractivity contribution in [2.75, 3.05) is 6.61 Å². The molecule has 2 rings (SSSR count). The van der Waals surface area contributed by atoms with Crippen molar-refractivity contribution in [1.29, 1.82) is 0 Å². The molecule has 0 radical (unpaired) electrons. The number of amides is 1. The largest absolute Gasteiger partial charge is 0.483 e. The van der Waals surface area contributed by atoms with E-state index >= 15 is 0 Å². The standard InChI is InChI=1S/C16H13BrCl2N2O2/c1-10-7-12(17)5-6-14(10)23-9-15(22)21-20-8-11-3-2-4-13(18)16(11)19/h2-8H,9H2,1H3,(H,21,22)/b20-8+. The van der Waals surface area contributed by atoms with E-state index in [4.69, 9.17) is 27.9 Å². The zero-order chi connectivity index (χ0) is 16.8. The summed E-state index contributed by atoms with van der Waals surface area (Å²) < 4.78 is 6.40. The van der Waals surface area contributed by atoms with Crippen LogP contribution in [0.15, 0.2) is 46.0 Å². The molecule has 0 saturated heterocycles. The Bertz CT molecular complexity index is 751. The second kappa shape index (κ2) is 8.34. The molecule has 2 aromatic rings. The summed E-state index contributed by atoms with van der Waals surface area (Å²) in [5.41, 5.74) is 3.92. The van der Waals surface area contributed by atoms with Crippen molar-refractivity contribution < 1.29 is 9.53 Å². The topological polar surface area (TPSA) is 50.7 Å². The van der Waals surface area contributed by atoms with Crippen LogP contribution in [0.3, 0.4) is 0 Å². The van der Waals surface area contributed by atoms with Crippen LogP contribution in [0.5, 0.6) is 5.75 Å². The fraction of sp³-hybridized carbons (Fsp3) is 0.125. The van der Waals surface area contributed by atoms with Crippen LogP contribution in [0.25, 0.3) is 0 Å². The smallest absolute Gasteiger partial charge is 0.277 e. The Morgan fingerprint density at radius 3 is 2.87 bits per heavy atom. The molecule has 2 aromatic carbocycles. The minimum Gasteiger partial charge on any atom is -0.483 e. The summed E-state index contributed by atoms with van der Waals surface area (Å²) in [6, 6.07) is 10.7. The molecule has 0 bridgehead atoms. The summed E-state index contributed by atoms with van der Waals surface area (Å²) >= 11 is 15.3. The van der Waals surface area contributed by atoms with E-state index in [-0.39, 0.29) is 12.5 Å². The number of benzene rings is 2. The number of carbonyl (C=O) groups is 1. The summed E-state index contributed by atoms with van der Waals surface area (Å²) in [5, 5.41) is 4.65. The van der Waals surface area contributed by atoms with Gasteiger partial charge in [-0.25, -0.2) is 5.43 Å². The number of carbonyl (C=O) groups excluding carboxylic acids is 1. The average Bonchev–Trinajstić information content (AvgIpc) is 2.50. The number of nitrogens with one attached hydrogen (secondary N) is 1. The van der Waals surface area contributed by atoms with Crippen LogP contribution < -0.4 is 10.2 Å². The summed E-state index contributed by atoms with van der Waals surface area (Å²) in [6.45, 7) is 1.76. The highest BCUT2D eigenvalue weighted by atomic mass is 79.9. The van der Waals surface area contributed by atoms with Gasteiger partial charge in [-0.15, -0.1) is 0 Å². The monoisotopic (exact) mass is 414 g/mol. The van der Waals surface area contributed by atoms with Crippen molar-refractivity contribution in [2.24, 2.45) is 5.10 Å². The Hall–Kier alpha value is -1.56. The third-order valence-electron chi connectivity index (χ3n) is 2.87. The lowest BCUT2D eigenvalue weighted by Crippen LogP contribution is -2.24. The predicted molar refractivity (Wildman–Crippen MR) is 96.6 cm³/mol. The number of hydrogen-bond donors (Lipinski definition) is 1. The molecule has 1 N–H and O–H groups in total. The Kier molecular flexibility index (Phi) is 6.45. The van der Waals surface area contributed by atoms with Crippen molar-refractivity contribution >= 4 is 51.3 Å². The second-order valence-corrected chi connectivity index (χ2v) is 6.34. The molecule has 0 spiro atoms. The van der Waals surface area contributed by atoms with E-state index in [1.807, 2.05) is 19.1 Å². The molecule has 120 valence electrons. The van der Waals surface area contributed by atoms with Gasteiger partial charge in [0.05, 0.1) is 16.3 Å². The van der Waals surface area contributed by atoms with E-state index in [0.29, 0.717) is 21.4 Å². The number of aryl methyl sites for hydroxylation is 1. The number of ether oxygens (including phenoxy) is 1. The first-order valence-electron chi connectivity index (χ1n) is 6.62. The van der Waals surface area contributed by atoms with Crippen LogP contribution in [-0.4, -0.2) is 18.7 Å². The van der Waals surface area contributed by atoms with Gasteiger partial charge in [-0.2, -0.15) is 5.10 Å². The van der Waals surface area contributed by atoms with Gasteiger partial charge in [-0.05, 0) is 36.8 Å². The van der Waals surface area contributed by atoms with Gasteiger partial charge in [0, 0.05) is 10.0 Å². The van der Waals surface area contributed by atoms with Gasteiger partial charge in [0.15, 0.2) is 6.61 Å². The van der Waals surface area contributed by atoms with Crippen molar-refractivity contribution in [1.82, 2.24) is 5.43 Å². The molecule has 4 nitrogen and oxygen atoms in total. The number of hydrogen-bond acceptors (Lipinski definition) is 3. The van der Waals surface area contributed by atoms with Crippen LogP contribution in [0.4, 0.5) is 0 Å². The lowest BCUT2D eigenvalue weighted by molar-refractivity contribution is -0.123. The molecule has 7 heteroatoms. The number of nitrogens with zero attached hydrogens (tertiary/aromatic N) is 1. The highest BCUT2D eigenvalue weighted by molar-refractivity contribution is 9.10. The van der Waals surface area contributed by atoms with Crippen LogP contribution in [-0.2, 0) is 4.79 Å². The maximum Gasteiger partial charge on any atom is 0.277 e. The van der Waals surface area contributed by atoms with Gasteiger partial charge in [0.1, 0.15) is 5.75 Å². The van der Waals surface area contributed by atoms with E-state index in [1.165, 1.54) is 6.21 Å². The lowest BCUT2D eigenvalue weighted by Gasteiger charge is -2.08. The fourth-order valence-corrected chi connectivity index (χ4v) is 2.58. The third-order valence-corrected chi connectivity index (χ3v) is 4.20. The average molecular weight is 416 g/mol. The molecule has 1 amide bonds. The van der Waals surface area contributed by atoms with Crippen LogP contribution in [0.1, 0.15) is 11.1 Å². The molecular weight excluding hydrogens is 403 g/mol. The number of hydrazone groups is 1. The zero-order valence-electron chi connectivity index (χ0n) is 12.1. The van der Waals surface area contributed by atoms with E-state index in [9.17, 15) is 4.79 Å². The summed E-state index contributed by atoms with van der Waals surface area (Å²) in [5.74, 6) is 0.270. The number of rotatable bonds is 5. The third kappa shape index (κ3) is 5.23. The molecule has 0 atom stereocenters. The molecule has 0 heterocycles. The molecule has 0 fully saturated rings. The Labute approximate surface area is 152 Å². The van der Waals surface area contributed by atoms with Crippen molar-refractivity contribution in [3.8, 4) is 5.75 Å². The van der Waals surface area contributed by atoms with Crippen LogP contribution in [0, 0.1) is 6.92 Å². The van der Waals surface area contributed by atoms with E-state index in [0.717, 1.165) is 10.0 Å². The van der Waals surface area contributed by atoms with Crippen molar-refractivity contribution in [3.63, 3.8) is 0 Å². The minimum absolute atomic E-state index is 0.136. The van der Waals surface area contributed by atoms with Crippen LogP contribution in [0.2, 0.25) is 10.0 Å². The van der Waals surface area contributed by atoms with Gasteiger partial charge in [0.25, 0.3) is 5.91 Å². The molecular formula is C16H13BrCl2N2O2. The predicted octanol–water partition coefficient (Wildman–Crippen LogP) is 4.59. The van der Waals surface area contributed by atoms with E-state index < -0.39 is 0 Å². The fourth-order valence-electron chi connectivity index (χ4n) is 1.74. The first kappa shape index (κ1) is 17.8. The molecule has 0 aromatic heterocycles. The maximum absolute atomic E-state index is 11.7. The van der Waals surface area contributed by atoms with Gasteiger partial charge in [0.2, 0.25) is 0 Å². The second-order valence-electron chi connectivity index (χ2n) is 4.63. The molecule has 23 heavy (non-hydrogen) atoms. The van der Waals surface area contributed by atoms with Gasteiger partial charge in [-0.1, -0.05) is 51.3 Å². The highest BCUT2D eigenvalue weighted by Crippen LogP contribution is 2.24. The summed E-state index contributed by atoms with van der Waals surface area (Å²) in [4.78, 5) is 11.7. The van der Waals surface area contributed by atoms with Crippen molar-refractivity contribution in [2.45, 2.75) is 6.92 Å². The Morgan fingerprint density at radius 2 is 2.13 bits per heavy atom. The lowest BCUT2D eigenvalue weighted by atomic mass is 10.2. The molecule has 0 unspecified atom stereocenters. The first-order chi connectivity index (χ1) is 11.0. The highest BCUT2D eigenvalue weighted by Gasteiger charge is 2.05.